The lowest BCUT2D eigenvalue weighted by Gasteiger charge is -2.06. The van der Waals surface area contributed by atoms with Crippen LogP contribution in [-0.2, 0) is 0 Å². The highest BCUT2D eigenvalue weighted by Gasteiger charge is 2.12. The zero-order valence-corrected chi connectivity index (χ0v) is 20.1. The minimum atomic E-state index is -0.816. The first kappa shape index (κ1) is 26.9. The molecule has 0 saturated heterocycles. The van der Waals surface area contributed by atoms with Crippen LogP contribution in [0.25, 0.3) is 0 Å². The quantitative estimate of drug-likeness (QED) is 0.199. The van der Waals surface area contributed by atoms with Gasteiger partial charge in [0.25, 0.3) is 5.88 Å². The second kappa shape index (κ2) is 13.4. The molecular weight excluding hydrogens is 540 g/mol. The molecule has 1 N–H and O–H groups in total. The van der Waals surface area contributed by atoms with E-state index in [9.17, 15) is 8.78 Å². The van der Waals surface area contributed by atoms with Gasteiger partial charge in [-0.15, -0.1) is 0 Å². The Morgan fingerprint density at radius 2 is 1.18 bits per heavy atom. The van der Waals surface area contributed by atoms with E-state index >= 15 is 0 Å². The predicted octanol–water partition coefficient (Wildman–Crippen LogP) is 8.89. The van der Waals surface area contributed by atoms with Gasteiger partial charge in [0.15, 0.2) is 11.0 Å². The molecule has 0 amide bonds. The van der Waals surface area contributed by atoms with Gasteiger partial charge in [0.05, 0.1) is 20.1 Å². The number of phenols is 1. The highest BCUT2D eigenvalue weighted by Crippen LogP contribution is 2.30. The van der Waals surface area contributed by atoms with E-state index in [1.54, 1.807) is 54.6 Å². The molecule has 4 aromatic rings. The molecule has 172 valence electrons. The summed E-state index contributed by atoms with van der Waals surface area (Å²) in [6, 6.07) is 17.8. The number of para-hydroxylation sites is 2. The van der Waals surface area contributed by atoms with Crippen LogP contribution in [-0.4, -0.2) is 15.1 Å². The number of aromatic nitrogens is 2. The van der Waals surface area contributed by atoms with Crippen LogP contribution in [0.2, 0.25) is 25.2 Å². The van der Waals surface area contributed by atoms with Crippen molar-refractivity contribution in [1.82, 2.24) is 9.97 Å². The van der Waals surface area contributed by atoms with E-state index in [2.05, 4.69) is 9.97 Å². The molecule has 33 heavy (non-hydrogen) atoms. The molecule has 3 aromatic carbocycles. The van der Waals surface area contributed by atoms with E-state index in [1.807, 2.05) is 0 Å². The van der Waals surface area contributed by atoms with E-state index in [-0.39, 0.29) is 26.8 Å². The van der Waals surface area contributed by atoms with Gasteiger partial charge in [-0.1, -0.05) is 88.3 Å². The molecular formula is C22H13Cl5F2N2O2. The number of ether oxygens (including phenoxy) is 1. The van der Waals surface area contributed by atoms with Gasteiger partial charge in [-0.2, -0.15) is 9.37 Å². The number of rotatable bonds is 2. The van der Waals surface area contributed by atoms with E-state index < -0.39 is 11.6 Å². The van der Waals surface area contributed by atoms with Crippen molar-refractivity contribution in [3.05, 3.63) is 110 Å². The third-order valence-corrected chi connectivity index (χ3v) is 4.99. The number of phenolic OH excluding ortho intramolecular Hbond substituents is 1. The summed E-state index contributed by atoms with van der Waals surface area (Å²) in [4.78, 5) is 7.09. The van der Waals surface area contributed by atoms with Crippen molar-refractivity contribution < 1.29 is 18.6 Å². The maximum atomic E-state index is 13.4. The van der Waals surface area contributed by atoms with Crippen molar-refractivity contribution in [3.8, 4) is 17.4 Å². The molecule has 0 aliphatic heterocycles. The first-order valence-corrected chi connectivity index (χ1v) is 10.7. The molecule has 0 radical (unpaired) electrons. The molecule has 1 heterocycles. The van der Waals surface area contributed by atoms with Crippen LogP contribution < -0.4 is 4.74 Å². The van der Waals surface area contributed by atoms with Gasteiger partial charge >= 0.3 is 0 Å². The fraction of sp³-hybridized carbons (Fsp3) is 0. The predicted molar refractivity (Wildman–Crippen MR) is 128 cm³/mol. The van der Waals surface area contributed by atoms with E-state index in [4.69, 9.17) is 67.8 Å². The lowest BCUT2D eigenvalue weighted by atomic mass is 10.3. The SMILES string of the molecule is Fc1c(Cl)cccc1Cl.Fc1c(Cl)ncnc1Oc1ccccc1Cl.Oc1ccccc1Cl. The summed E-state index contributed by atoms with van der Waals surface area (Å²) in [5.74, 6) is -1.19. The van der Waals surface area contributed by atoms with Crippen LogP contribution >= 0.6 is 58.0 Å². The molecule has 4 nitrogen and oxygen atoms in total. The second-order valence-electron chi connectivity index (χ2n) is 5.80. The Labute approximate surface area is 213 Å². The van der Waals surface area contributed by atoms with Gasteiger partial charge in [-0.05, 0) is 36.4 Å². The van der Waals surface area contributed by atoms with Crippen LogP contribution in [0.15, 0.2) is 73.1 Å². The third-order valence-electron chi connectivity index (χ3n) is 3.52. The van der Waals surface area contributed by atoms with Crippen LogP contribution in [0.1, 0.15) is 0 Å². The third kappa shape index (κ3) is 8.50. The standard InChI is InChI=1S/C10H5Cl2FN2O.C6H3Cl2F.C6H5ClO/c11-6-3-1-2-4-7(6)16-10-8(13)9(12)14-5-15-10;7-4-2-1-3-5(8)6(4)9;7-5-3-1-2-4-6(5)8/h1-5H;1-3H;1-4,8H. The van der Waals surface area contributed by atoms with Crippen LogP contribution in [0.4, 0.5) is 8.78 Å². The summed E-state index contributed by atoms with van der Waals surface area (Å²) in [6.45, 7) is 0. The summed E-state index contributed by atoms with van der Waals surface area (Å²) in [6.07, 6.45) is 1.11. The zero-order chi connectivity index (χ0) is 24.4. The number of aromatic hydroxyl groups is 1. The van der Waals surface area contributed by atoms with E-state index in [1.165, 1.54) is 12.1 Å². The topological polar surface area (TPSA) is 55.2 Å². The Kier molecular flexibility index (Phi) is 10.9. The average molecular weight is 553 g/mol. The van der Waals surface area contributed by atoms with E-state index in [0.717, 1.165) is 6.33 Å². The highest BCUT2D eigenvalue weighted by atomic mass is 35.5. The number of benzene rings is 3. The van der Waals surface area contributed by atoms with E-state index in [0.29, 0.717) is 15.8 Å². The summed E-state index contributed by atoms with van der Waals surface area (Å²) < 4.78 is 31.0. The smallest absolute Gasteiger partial charge is 0.260 e. The van der Waals surface area contributed by atoms with Crippen molar-refractivity contribution in [2.24, 2.45) is 0 Å². The zero-order valence-electron chi connectivity index (χ0n) is 16.3. The normalized spacial score (nSPS) is 9.79. The average Bonchev–Trinajstić information content (AvgIpc) is 2.79. The number of hydrogen-bond donors (Lipinski definition) is 1. The highest BCUT2D eigenvalue weighted by molar-refractivity contribution is 6.34. The molecule has 0 aliphatic carbocycles. The lowest BCUT2D eigenvalue weighted by Crippen LogP contribution is -1.94. The van der Waals surface area contributed by atoms with Gasteiger partial charge in [0, 0.05) is 0 Å². The van der Waals surface area contributed by atoms with Crippen molar-refractivity contribution in [2.45, 2.75) is 0 Å². The van der Waals surface area contributed by atoms with Crippen molar-refractivity contribution in [1.29, 1.82) is 0 Å². The van der Waals surface area contributed by atoms with Gasteiger partial charge in [0.2, 0.25) is 5.82 Å². The Balaban J connectivity index is 0.000000192. The number of nitrogens with zero attached hydrogens (tertiary/aromatic N) is 2. The molecule has 0 atom stereocenters. The largest absolute Gasteiger partial charge is 0.506 e. The molecule has 0 fully saturated rings. The first-order valence-electron chi connectivity index (χ1n) is 8.82. The van der Waals surface area contributed by atoms with Crippen molar-refractivity contribution in [3.63, 3.8) is 0 Å². The Morgan fingerprint density at radius 3 is 1.70 bits per heavy atom. The Hall–Kier alpha value is -2.35. The summed E-state index contributed by atoms with van der Waals surface area (Å²) in [7, 11) is 0. The molecule has 1 aromatic heterocycles. The van der Waals surface area contributed by atoms with Crippen LogP contribution in [0, 0.1) is 11.6 Å². The second-order valence-corrected chi connectivity index (χ2v) is 7.79. The molecule has 0 spiro atoms. The maximum absolute atomic E-state index is 13.4. The minimum absolute atomic E-state index is 0.0579. The first-order chi connectivity index (χ1) is 15.7. The number of halogens is 7. The fourth-order valence-corrected chi connectivity index (χ4v) is 2.80. The minimum Gasteiger partial charge on any atom is -0.506 e. The molecule has 0 unspecified atom stereocenters. The Morgan fingerprint density at radius 1 is 0.636 bits per heavy atom. The fourth-order valence-electron chi connectivity index (χ4n) is 1.97. The summed E-state index contributed by atoms with van der Waals surface area (Å²) in [5.41, 5.74) is 0. The summed E-state index contributed by atoms with van der Waals surface area (Å²) in [5, 5.41) is 9.36. The Bertz CT molecular complexity index is 1170. The van der Waals surface area contributed by atoms with Gasteiger partial charge in [-0.3, -0.25) is 0 Å². The maximum Gasteiger partial charge on any atom is 0.260 e. The van der Waals surface area contributed by atoms with Gasteiger partial charge < -0.3 is 9.84 Å². The molecule has 0 bridgehead atoms. The van der Waals surface area contributed by atoms with Gasteiger partial charge in [0.1, 0.15) is 17.8 Å². The van der Waals surface area contributed by atoms with Crippen molar-refractivity contribution in [2.75, 3.05) is 0 Å². The van der Waals surface area contributed by atoms with Crippen LogP contribution in [0.5, 0.6) is 17.4 Å². The summed E-state index contributed by atoms with van der Waals surface area (Å²) >= 11 is 27.5. The molecule has 0 saturated carbocycles. The molecule has 4 rings (SSSR count). The van der Waals surface area contributed by atoms with Crippen LogP contribution in [0.3, 0.4) is 0 Å². The lowest BCUT2D eigenvalue weighted by molar-refractivity contribution is 0.420. The van der Waals surface area contributed by atoms with Gasteiger partial charge in [-0.25, -0.2) is 9.37 Å². The number of hydrogen-bond acceptors (Lipinski definition) is 4. The molecule has 11 heteroatoms. The molecule has 0 aliphatic rings. The van der Waals surface area contributed by atoms with Crippen molar-refractivity contribution >= 4 is 58.0 Å². The monoisotopic (exact) mass is 550 g/mol.